The summed E-state index contributed by atoms with van der Waals surface area (Å²) in [5.41, 5.74) is 0. The maximum Gasteiger partial charge on any atom is 1.00 e. The van der Waals surface area contributed by atoms with Crippen molar-refractivity contribution >= 4 is 5.97 Å². The molecule has 4 heteroatoms. The van der Waals surface area contributed by atoms with Gasteiger partial charge in [-0.05, 0) is 64.2 Å². The third-order valence-electron chi connectivity index (χ3n) is 5.10. The van der Waals surface area contributed by atoms with Crippen LogP contribution in [-0.2, 0) is 4.79 Å². The topological polar surface area (TPSA) is 43.4 Å². The first-order valence-electron chi connectivity index (χ1n) is 11.1. The SMILES string of the molecule is C/C=C/CCCCCC(C)CN(CC(=O)[O-])CC(C)CCCCC/C=C/C.[Na+]. The van der Waals surface area contributed by atoms with Crippen LogP contribution in [0.15, 0.2) is 24.3 Å². The maximum atomic E-state index is 11.1. The van der Waals surface area contributed by atoms with Gasteiger partial charge >= 0.3 is 29.6 Å². The summed E-state index contributed by atoms with van der Waals surface area (Å²) in [7, 11) is 0. The first kappa shape index (κ1) is 30.1. The van der Waals surface area contributed by atoms with Gasteiger partial charge < -0.3 is 9.90 Å². The van der Waals surface area contributed by atoms with Crippen LogP contribution in [0.25, 0.3) is 0 Å². The number of carboxylic acid groups (broad SMARTS) is 1. The molecule has 0 aromatic carbocycles. The third-order valence-corrected chi connectivity index (χ3v) is 5.10. The van der Waals surface area contributed by atoms with E-state index in [-0.39, 0.29) is 36.1 Å². The summed E-state index contributed by atoms with van der Waals surface area (Å²) in [6, 6.07) is 0. The number of allylic oxidation sites excluding steroid dienone is 4. The van der Waals surface area contributed by atoms with Crippen molar-refractivity contribution in [3.63, 3.8) is 0 Å². The Morgan fingerprint density at radius 3 is 1.61 bits per heavy atom. The van der Waals surface area contributed by atoms with E-state index in [1.807, 2.05) is 0 Å². The predicted molar refractivity (Wildman–Crippen MR) is 116 cm³/mol. The summed E-state index contributed by atoms with van der Waals surface area (Å²) < 4.78 is 0. The van der Waals surface area contributed by atoms with Gasteiger partial charge in [0.25, 0.3) is 0 Å². The van der Waals surface area contributed by atoms with Crippen molar-refractivity contribution in [2.24, 2.45) is 11.8 Å². The molecular weight excluding hydrogens is 357 g/mol. The first-order chi connectivity index (χ1) is 13.0. The van der Waals surface area contributed by atoms with Gasteiger partial charge in [0.05, 0.1) is 5.97 Å². The Hall–Kier alpha value is -0.0900. The first-order valence-corrected chi connectivity index (χ1v) is 11.1. The standard InChI is InChI=1S/C24H45NO2.Na/c1-5-7-9-11-13-15-17-22(3)19-25(21-24(26)27)20-23(4)18-16-14-12-10-8-6-2;/h5-8,22-23H,9-21H2,1-4H3,(H,26,27);/q;+1/p-1/b7-5+,8-6+;. The van der Waals surface area contributed by atoms with Crippen LogP contribution in [0.2, 0.25) is 0 Å². The summed E-state index contributed by atoms with van der Waals surface area (Å²) in [4.78, 5) is 13.2. The van der Waals surface area contributed by atoms with E-state index >= 15 is 0 Å². The molecule has 3 nitrogen and oxygen atoms in total. The van der Waals surface area contributed by atoms with E-state index in [0.717, 1.165) is 13.1 Å². The molecule has 0 aliphatic carbocycles. The second-order valence-electron chi connectivity index (χ2n) is 8.19. The minimum absolute atomic E-state index is 0. The number of carbonyl (C=O) groups excluding carboxylic acids is 1. The largest absolute Gasteiger partial charge is 1.00 e. The van der Waals surface area contributed by atoms with Gasteiger partial charge in [0.15, 0.2) is 0 Å². The monoisotopic (exact) mass is 401 g/mol. The molecule has 0 fully saturated rings. The fourth-order valence-corrected chi connectivity index (χ4v) is 3.65. The van der Waals surface area contributed by atoms with E-state index < -0.39 is 5.97 Å². The Morgan fingerprint density at radius 2 is 1.25 bits per heavy atom. The number of rotatable bonds is 18. The zero-order valence-electron chi connectivity index (χ0n) is 19.4. The fraction of sp³-hybridized carbons (Fsp3) is 0.792. The van der Waals surface area contributed by atoms with Crippen LogP contribution < -0.4 is 34.7 Å². The van der Waals surface area contributed by atoms with Crippen molar-refractivity contribution < 1.29 is 39.5 Å². The Balaban J connectivity index is 0. The number of unbranched alkanes of at least 4 members (excludes halogenated alkanes) is 6. The van der Waals surface area contributed by atoms with Gasteiger partial charge in [-0.15, -0.1) is 0 Å². The maximum absolute atomic E-state index is 11.1. The van der Waals surface area contributed by atoms with Crippen LogP contribution >= 0.6 is 0 Å². The summed E-state index contributed by atoms with van der Waals surface area (Å²) in [6.45, 7) is 10.4. The molecule has 0 amide bonds. The van der Waals surface area contributed by atoms with E-state index in [0.29, 0.717) is 11.8 Å². The van der Waals surface area contributed by atoms with E-state index in [1.165, 1.54) is 64.2 Å². The van der Waals surface area contributed by atoms with Crippen molar-refractivity contribution in [2.75, 3.05) is 19.6 Å². The zero-order valence-corrected chi connectivity index (χ0v) is 21.4. The molecule has 0 N–H and O–H groups in total. The van der Waals surface area contributed by atoms with Gasteiger partial charge in [0.1, 0.15) is 0 Å². The van der Waals surface area contributed by atoms with Crippen LogP contribution in [0.4, 0.5) is 0 Å². The summed E-state index contributed by atoms with van der Waals surface area (Å²) in [5.74, 6) is 0.130. The molecule has 2 unspecified atom stereocenters. The molecule has 0 aromatic rings. The molecule has 0 rings (SSSR count). The van der Waals surface area contributed by atoms with Crippen LogP contribution in [0.3, 0.4) is 0 Å². The third kappa shape index (κ3) is 20.6. The summed E-state index contributed by atoms with van der Waals surface area (Å²) in [6.07, 6.45) is 20.9. The average molecular weight is 402 g/mol. The van der Waals surface area contributed by atoms with Gasteiger partial charge in [0, 0.05) is 19.6 Å². The van der Waals surface area contributed by atoms with Gasteiger partial charge in [-0.2, -0.15) is 0 Å². The van der Waals surface area contributed by atoms with Crippen LogP contribution in [0, 0.1) is 11.8 Å². The van der Waals surface area contributed by atoms with Crippen molar-refractivity contribution in [1.29, 1.82) is 0 Å². The molecule has 0 radical (unpaired) electrons. The number of hydrogen-bond donors (Lipinski definition) is 0. The minimum atomic E-state index is -0.952. The van der Waals surface area contributed by atoms with E-state index in [9.17, 15) is 9.90 Å². The van der Waals surface area contributed by atoms with Gasteiger partial charge in [-0.25, -0.2) is 0 Å². The minimum Gasteiger partial charge on any atom is -0.549 e. The van der Waals surface area contributed by atoms with Crippen molar-refractivity contribution in [2.45, 2.75) is 91.9 Å². The number of nitrogens with zero attached hydrogens (tertiary/aromatic N) is 1. The number of aliphatic carboxylic acids is 1. The average Bonchev–Trinajstić information content (AvgIpc) is 2.60. The molecule has 0 aliphatic heterocycles. The molecule has 28 heavy (non-hydrogen) atoms. The van der Waals surface area contributed by atoms with Crippen LogP contribution in [-0.4, -0.2) is 30.5 Å². The van der Waals surface area contributed by atoms with E-state index in [1.54, 1.807) is 0 Å². The Bertz CT molecular complexity index is 379. The van der Waals surface area contributed by atoms with Crippen molar-refractivity contribution in [3.8, 4) is 0 Å². The molecule has 0 heterocycles. The van der Waals surface area contributed by atoms with Crippen LogP contribution in [0.1, 0.15) is 91.9 Å². The van der Waals surface area contributed by atoms with Crippen molar-refractivity contribution in [1.82, 2.24) is 4.90 Å². The molecule has 158 valence electrons. The Kier molecular flexibility index (Phi) is 23.2. The molecule has 0 saturated heterocycles. The van der Waals surface area contributed by atoms with Gasteiger partial charge in [0.2, 0.25) is 0 Å². The molecule has 0 bridgehead atoms. The van der Waals surface area contributed by atoms with E-state index in [4.69, 9.17) is 0 Å². The fourth-order valence-electron chi connectivity index (χ4n) is 3.65. The molecule has 0 spiro atoms. The Morgan fingerprint density at radius 1 is 0.821 bits per heavy atom. The molecular formula is C24H44NNaO2. The number of carboxylic acids is 1. The van der Waals surface area contributed by atoms with Crippen molar-refractivity contribution in [3.05, 3.63) is 24.3 Å². The smallest absolute Gasteiger partial charge is 0.549 e. The number of hydrogen-bond acceptors (Lipinski definition) is 3. The number of carbonyl (C=O) groups is 1. The predicted octanol–water partition coefficient (Wildman–Crippen LogP) is 2.37. The van der Waals surface area contributed by atoms with Gasteiger partial charge in [-0.3, -0.25) is 4.90 Å². The molecule has 0 aliphatic rings. The second kappa shape index (κ2) is 21.6. The van der Waals surface area contributed by atoms with E-state index in [2.05, 4.69) is 56.9 Å². The zero-order chi connectivity index (χ0) is 20.3. The van der Waals surface area contributed by atoms with Gasteiger partial charge in [-0.1, -0.05) is 63.8 Å². The molecule has 2 atom stereocenters. The van der Waals surface area contributed by atoms with Crippen LogP contribution in [0.5, 0.6) is 0 Å². The second-order valence-corrected chi connectivity index (χ2v) is 8.19. The molecule has 0 aromatic heterocycles. The summed E-state index contributed by atoms with van der Waals surface area (Å²) >= 11 is 0. The quantitative estimate of drug-likeness (QED) is 0.201. The normalized spacial score (nSPS) is 13.9. The Labute approximate surface area is 197 Å². The molecule has 0 saturated carbocycles. The summed E-state index contributed by atoms with van der Waals surface area (Å²) in [5, 5.41) is 11.1.